The van der Waals surface area contributed by atoms with Crippen molar-refractivity contribution in [3.8, 4) is 17.0 Å². The van der Waals surface area contributed by atoms with Gasteiger partial charge in [-0.25, -0.2) is 0 Å². The SMILES string of the molecule is COc1ccccc1-c1cc(C(=O)N2CCCCC2CCO)[nH]n1. The van der Waals surface area contributed by atoms with Gasteiger partial charge in [0.15, 0.2) is 0 Å². The number of ether oxygens (including phenoxy) is 1. The standard InChI is InChI=1S/C18H23N3O3/c1-24-17-8-3-2-7-14(17)15-12-16(20-19-15)18(23)21-10-5-4-6-13(21)9-11-22/h2-3,7-8,12-13,22H,4-6,9-11H2,1H3,(H,19,20). The largest absolute Gasteiger partial charge is 0.496 e. The highest BCUT2D eigenvalue weighted by Gasteiger charge is 2.28. The first kappa shape index (κ1) is 16.5. The van der Waals surface area contributed by atoms with E-state index in [4.69, 9.17) is 4.74 Å². The molecule has 6 heteroatoms. The molecule has 3 rings (SSSR count). The second-order valence-corrected chi connectivity index (χ2v) is 6.03. The van der Waals surface area contributed by atoms with Crippen molar-refractivity contribution in [2.45, 2.75) is 31.7 Å². The number of carbonyl (C=O) groups is 1. The Labute approximate surface area is 141 Å². The van der Waals surface area contributed by atoms with Crippen molar-refractivity contribution in [2.24, 2.45) is 0 Å². The quantitative estimate of drug-likeness (QED) is 0.883. The lowest BCUT2D eigenvalue weighted by Crippen LogP contribution is -2.44. The third-order valence-corrected chi connectivity index (χ3v) is 4.54. The first-order chi connectivity index (χ1) is 11.7. The van der Waals surface area contributed by atoms with Gasteiger partial charge in [-0.05, 0) is 43.9 Å². The number of likely N-dealkylation sites (tertiary alicyclic amines) is 1. The Morgan fingerprint density at radius 2 is 2.25 bits per heavy atom. The molecule has 2 N–H and O–H groups in total. The van der Waals surface area contributed by atoms with Crippen LogP contribution in [0.1, 0.15) is 36.2 Å². The first-order valence-corrected chi connectivity index (χ1v) is 8.35. The number of rotatable bonds is 5. The molecule has 2 heterocycles. The third-order valence-electron chi connectivity index (χ3n) is 4.54. The van der Waals surface area contributed by atoms with E-state index in [-0.39, 0.29) is 18.6 Å². The number of carbonyl (C=O) groups excluding carboxylic acids is 1. The molecule has 1 aromatic carbocycles. The number of nitrogens with one attached hydrogen (secondary N) is 1. The number of aliphatic hydroxyl groups excluding tert-OH is 1. The Bertz CT molecular complexity index is 696. The zero-order chi connectivity index (χ0) is 16.9. The van der Waals surface area contributed by atoms with E-state index < -0.39 is 0 Å². The number of aliphatic hydroxyl groups is 1. The van der Waals surface area contributed by atoms with Gasteiger partial charge in [0.25, 0.3) is 5.91 Å². The molecule has 1 saturated heterocycles. The van der Waals surface area contributed by atoms with Crippen LogP contribution in [0.15, 0.2) is 30.3 Å². The Morgan fingerprint density at radius 1 is 1.42 bits per heavy atom. The van der Waals surface area contributed by atoms with Crippen LogP contribution in [0.25, 0.3) is 11.3 Å². The van der Waals surface area contributed by atoms with Crippen LogP contribution >= 0.6 is 0 Å². The molecule has 1 aromatic heterocycles. The molecular formula is C18H23N3O3. The van der Waals surface area contributed by atoms with Gasteiger partial charge in [0.2, 0.25) is 0 Å². The topological polar surface area (TPSA) is 78.5 Å². The molecule has 1 fully saturated rings. The summed E-state index contributed by atoms with van der Waals surface area (Å²) in [6.07, 6.45) is 3.67. The molecule has 1 amide bonds. The zero-order valence-corrected chi connectivity index (χ0v) is 13.9. The fourth-order valence-corrected chi connectivity index (χ4v) is 3.30. The van der Waals surface area contributed by atoms with Crippen LogP contribution in [0.2, 0.25) is 0 Å². The van der Waals surface area contributed by atoms with Crippen LogP contribution in [-0.2, 0) is 0 Å². The molecule has 2 aromatic rings. The number of hydrogen-bond acceptors (Lipinski definition) is 4. The highest BCUT2D eigenvalue weighted by atomic mass is 16.5. The van der Waals surface area contributed by atoms with Crippen molar-refractivity contribution >= 4 is 5.91 Å². The summed E-state index contributed by atoms with van der Waals surface area (Å²) in [7, 11) is 1.62. The molecule has 0 bridgehead atoms. The van der Waals surface area contributed by atoms with E-state index in [2.05, 4.69) is 10.2 Å². The Morgan fingerprint density at radius 3 is 3.04 bits per heavy atom. The molecular weight excluding hydrogens is 306 g/mol. The summed E-state index contributed by atoms with van der Waals surface area (Å²) in [5.74, 6) is 0.668. The fourth-order valence-electron chi connectivity index (χ4n) is 3.30. The van der Waals surface area contributed by atoms with E-state index in [1.165, 1.54) is 0 Å². The lowest BCUT2D eigenvalue weighted by Gasteiger charge is -2.35. The molecule has 1 aliphatic rings. The molecule has 0 spiro atoms. The van der Waals surface area contributed by atoms with Gasteiger partial charge >= 0.3 is 0 Å². The van der Waals surface area contributed by atoms with E-state index in [0.717, 1.165) is 37.1 Å². The Balaban J connectivity index is 1.83. The maximum atomic E-state index is 12.8. The fraction of sp³-hybridized carbons (Fsp3) is 0.444. The van der Waals surface area contributed by atoms with Crippen LogP contribution < -0.4 is 4.74 Å². The van der Waals surface area contributed by atoms with Crippen LogP contribution in [-0.4, -0.2) is 52.4 Å². The number of piperidine rings is 1. The normalized spacial score (nSPS) is 17.8. The van der Waals surface area contributed by atoms with Gasteiger partial charge in [0.1, 0.15) is 11.4 Å². The number of para-hydroxylation sites is 1. The van der Waals surface area contributed by atoms with Gasteiger partial charge in [-0.2, -0.15) is 5.10 Å². The van der Waals surface area contributed by atoms with E-state index >= 15 is 0 Å². The number of nitrogens with zero attached hydrogens (tertiary/aromatic N) is 2. The second kappa shape index (κ2) is 7.49. The van der Waals surface area contributed by atoms with Crippen LogP contribution in [0, 0.1) is 0 Å². The summed E-state index contributed by atoms with van der Waals surface area (Å²) >= 11 is 0. The average molecular weight is 329 g/mol. The number of aromatic nitrogens is 2. The van der Waals surface area contributed by atoms with E-state index in [1.54, 1.807) is 13.2 Å². The average Bonchev–Trinajstić information content (AvgIpc) is 3.12. The molecule has 0 aliphatic carbocycles. The molecule has 128 valence electrons. The van der Waals surface area contributed by atoms with Crippen molar-refractivity contribution in [1.82, 2.24) is 15.1 Å². The van der Waals surface area contributed by atoms with E-state index in [9.17, 15) is 9.90 Å². The molecule has 0 radical (unpaired) electrons. The number of aromatic amines is 1. The van der Waals surface area contributed by atoms with Crippen molar-refractivity contribution in [3.05, 3.63) is 36.0 Å². The highest BCUT2D eigenvalue weighted by molar-refractivity contribution is 5.93. The minimum Gasteiger partial charge on any atom is -0.496 e. The Hall–Kier alpha value is -2.34. The maximum absolute atomic E-state index is 12.8. The van der Waals surface area contributed by atoms with Crippen molar-refractivity contribution in [1.29, 1.82) is 0 Å². The predicted molar refractivity (Wildman–Crippen MR) is 91.0 cm³/mol. The third kappa shape index (κ3) is 3.28. The maximum Gasteiger partial charge on any atom is 0.272 e. The van der Waals surface area contributed by atoms with Crippen molar-refractivity contribution in [2.75, 3.05) is 20.3 Å². The number of methoxy groups -OCH3 is 1. The summed E-state index contributed by atoms with van der Waals surface area (Å²) < 4.78 is 5.36. The van der Waals surface area contributed by atoms with Crippen LogP contribution in [0.3, 0.4) is 0 Å². The minimum absolute atomic E-state index is 0.0539. The first-order valence-electron chi connectivity index (χ1n) is 8.35. The van der Waals surface area contributed by atoms with E-state index in [0.29, 0.717) is 17.8 Å². The van der Waals surface area contributed by atoms with Gasteiger partial charge in [-0.15, -0.1) is 0 Å². The molecule has 1 unspecified atom stereocenters. The smallest absolute Gasteiger partial charge is 0.272 e. The summed E-state index contributed by atoms with van der Waals surface area (Å²) in [4.78, 5) is 14.7. The lowest BCUT2D eigenvalue weighted by atomic mass is 9.99. The molecule has 24 heavy (non-hydrogen) atoms. The molecule has 6 nitrogen and oxygen atoms in total. The summed E-state index contributed by atoms with van der Waals surface area (Å²) in [5.41, 5.74) is 2.01. The van der Waals surface area contributed by atoms with Gasteiger partial charge in [0, 0.05) is 24.8 Å². The van der Waals surface area contributed by atoms with Crippen LogP contribution in [0.5, 0.6) is 5.75 Å². The summed E-state index contributed by atoms with van der Waals surface area (Å²) in [6.45, 7) is 0.830. The second-order valence-electron chi connectivity index (χ2n) is 6.03. The lowest BCUT2D eigenvalue weighted by molar-refractivity contribution is 0.0568. The summed E-state index contributed by atoms with van der Waals surface area (Å²) in [6, 6.07) is 9.47. The van der Waals surface area contributed by atoms with Crippen molar-refractivity contribution in [3.63, 3.8) is 0 Å². The monoisotopic (exact) mass is 329 g/mol. The van der Waals surface area contributed by atoms with Gasteiger partial charge in [-0.3, -0.25) is 9.89 Å². The van der Waals surface area contributed by atoms with Gasteiger partial charge < -0.3 is 14.7 Å². The number of benzene rings is 1. The van der Waals surface area contributed by atoms with Gasteiger partial charge in [-0.1, -0.05) is 12.1 Å². The number of hydrogen-bond donors (Lipinski definition) is 2. The molecule has 1 atom stereocenters. The van der Waals surface area contributed by atoms with Crippen molar-refractivity contribution < 1.29 is 14.6 Å². The number of amides is 1. The zero-order valence-electron chi connectivity index (χ0n) is 13.9. The van der Waals surface area contributed by atoms with Crippen LogP contribution in [0.4, 0.5) is 0 Å². The molecule has 0 saturated carbocycles. The van der Waals surface area contributed by atoms with Gasteiger partial charge in [0.05, 0.1) is 12.8 Å². The van der Waals surface area contributed by atoms with E-state index in [1.807, 2.05) is 29.2 Å². The Kier molecular flexibility index (Phi) is 5.15. The number of H-pyrrole nitrogens is 1. The minimum atomic E-state index is -0.0539. The highest BCUT2D eigenvalue weighted by Crippen LogP contribution is 2.29. The molecule has 1 aliphatic heterocycles. The summed E-state index contributed by atoms with van der Waals surface area (Å²) in [5, 5.41) is 16.4. The predicted octanol–water partition coefficient (Wildman–Crippen LogP) is 2.46.